The molecule has 2 aliphatic heterocycles. The highest BCUT2D eigenvalue weighted by Gasteiger charge is 2.22. The Labute approximate surface area is 156 Å². The van der Waals surface area contributed by atoms with Crippen LogP contribution in [0.5, 0.6) is 0 Å². The lowest BCUT2D eigenvalue weighted by molar-refractivity contribution is -0.128. The monoisotopic (exact) mass is 389 g/mol. The van der Waals surface area contributed by atoms with Crippen LogP contribution in [0.3, 0.4) is 0 Å². The van der Waals surface area contributed by atoms with E-state index in [9.17, 15) is 14.7 Å². The van der Waals surface area contributed by atoms with Gasteiger partial charge in [-0.1, -0.05) is 33.7 Å². The molecular weight excluding hydrogens is 362 g/mol. The number of ether oxygens (including phenoxy) is 1. The summed E-state index contributed by atoms with van der Waals surface area (Å²) in [6.07, 6.45) is 5.61. The van der Waals surface area contributed by atoms with Crippen LogP contribution in [-0.2, 0) is 14.3 Å². The minimum Gasteiger partial charge on any atom is -0.391 e. The average molecular weight is 390 g/mol. The van der Waals surface area contributed by atoms with Crippen molar-refractivity contribution >= 4 is 33.4 Å². The normalized spacial score (nSPS) is 32.4. The number of hydrogen-bond acceptors (Lipinski definition) is 7. The molecule has 1 fully saturated rings. The van der Waals surface area contributed by atoms with E-state index < -0.39 is 12.1 Å². The summed E-state index contributed by atoms with van der Waals surface area (Å²) >= 11 is 0. The Morgan fingerprint density at radius 2 is 2.12 bits per heavy atom. The van der Waals surface area contributed by atoms with Gasteiger partial charge in [0.1, 0.15) is 6.04 Å². The number of carbonyl (C=O) groups excluding carboxylic acids is 2. The SMILES string of the molecule is O=C1CNCC[C@H]2/C=C/CCSSC[C@@H](N1)C(=O)NC[C@@H](O)CCO2. The molecule has 0 aromatic heterocycles. The van der Waals surface area contributed by atoms with Gasteiger partial charge in [-0.3, -0.25) is 9.59 Å². The van der Waals surface area contributed by atoms with Gasteiger partial charge in [-0.2, -0.15) is 0 Å². The quantitative estimate of drug-likeness (QED) is 0.343. The summed E-state index contributed by atoms with van der Waals surface area (Å²) in [7, 11) is 3.25. The van der Waals surface area contributed by atoms with E-state index in [4.69, 9.17) is 4.74 Å². The zero-order chi connectivity index (χ0) is 17.9. The van der Waals surface area contributed by atoms with Gasteiger partial charge in [0.05, 0.1) is 18.8 Å². The molecule has 0 radical (unpaired) electrons. The molecule has 0 aromatic rings. The standard InChI is InChI=1S/C16H27N3O4S2/c20-12-5-7-23-13-3-1-2-8-24-25-11-14(16(22)18-9-12)19-15(21)10-17-6-4-13/h1,3,12-14,17,20H,2,4-11H2,(H,18,22)(H,19,21)/b3-1+/t12-,13+,14+/m0/s1. The first-order chi connectivity index (χ1) is 12.1. The van der Waals surface area contributed by atoms with Gasteiger partial charge in [0.25, 0.3) is 0 Å². The van der Waals surface area contributed by atoms with Gasteiger partial charge in [0.2, 0.25) is 11.8 Å². The number of hydrogen-bond donors (Lipinski definition) is 4. The van der Waals surface area contributed by atoms with Crippen LogP contribution < -0.4 is 16.0 Å². The van der Waals surface area contributed by atoms with Crippen molar-refractivity contribution < 1.29 is 19.4 Å². The Kier molecular flexibility index (Phi) is 9.70. The zero-order valence-corrected chi connectivity index (χ0v) is 15.9. The molecule has 142 valence electrons. The summed E-state index contributed by atoms with van der Waals surface area (Å²) in [6.45, 7) is 1.40. The fraction of sp³-hybridized carbons (Fsp3) is 0.750. The van der Waals surface area contributed by atoms with E-state index in [1.807, 2.05) is 0 Å². The smallest absolute Gasteiger partial charge is 0.243 e. The number of aliphatic hydroxyl groups is 1. The van der Waals surface area contributed by atoms with Crippen molar-refractivity contribution in [2.75, 3.05) is 37.7 Å². The van der Waals surface area contributed by atoms with E-state index in [-0.39, 0.29) is 31.0 Å². The molecule has 1 saturated heterocycles. The van der Waals surface area contributed by atoms with Crippen LogP contribution in [0.2, 0.25) is 0 Å². The van der Waals surface area contributed by atoms with Crippen LogP contribution in [0.25, 0.3) is 0 Å². The Balaban J connectivity index is 2.12. The van der Waals surface area contributed by atoms with Crippen molar-refractivity contribution in [2.24, 2.45) is 0 Å². The molecule has 3 atom stereocenters. The minimum absolute atomic E-state index is 0.0435. The average Bonchev–Trinajstić information content (AvgIpc) is 2.60. The van der Waals surface area contributed by atoms with E-state index >= 15 is 0 Å². The number of amides is 2. The second-order valence-corrected chi connectivity index (χ2v) is 8.63. The van der Waals surface area contributed by atoms with E-state index in [2.05, 4.69) is 28.1 Å². The lowest BCUT2D eigenvalue weighted by Gasteiger charge is -2.19. The Bertz CT molecular complexity index is 465. The highest BCUT2D eigenvalue weighted by Crippen LogP contribution is 2.23. The molecule has 2 heterocycles. The van der Waals surface area contributed by atoms with Crippen LogP contribution in [0.15, 0.2) is 12.2 Å². The molecule has 2 bridgehead atoms. The number of nitrogens with one attached hydrogen (secondary N) is 3. The van der Waals surface area contributed by atoms with Gasteiger partial charge < -0.3 is 25.8 Å². The van der Waals surface area contributed by atoms with Gasteiger partial charge in [0.15, 0.2) is 0 Å². The fourth-order valence-corrected chi connectivity index (χ4v) is 4.60. The molecule has 9 heteroatoms. The second kappa shape index (κ2) is 11.8. The van der Waals surface area contributed by atoms with Gasteiger partial charge in [0, 0.05) is 24.7 Å². The third-order valence-electron chi connectivity index (χ3n) is 3.87. The molecule has 25 heavy (non-hydrogen) atoms. The van der Waals surface area contributed by atoms with Crippen LogP contribution in [0.1, 0.15) is 19.3 Å². The minimum atomic E-state index is -0.664. The number of fused-ring (bicyclic) bond motifs is 7. The third-order valence-corrected chi connectivity index (χ3v) is 6.32. The summed E-state index contributed by atoms with van der Waals surface area (Å²) in [5.41, 5.74) is 0. The summed E-state index contributed by atoms with van der Waals surface area (Å²) < 4.78 is 5.85. The summed E-state index contributed by atoms with van der Waals surface area (Å²) in [5.74, 6) is 0.964. The molecule has 0 unspecified atom stereocenters. The van der Waals surface area contributed by atoms with Gasteiger partial charge >= 0.3 is 0 Å². The van der Waals surface area contributed by atoms with Crippen molar-refractivity contribution in [3.63, 3.8) is 0 Å². The first-order valence-corrected chi connectivity index (χ1v) is 11.1. The molecule has 0 aromatic carbocycles. The van der Waals surface area contributed by atoms with Crippen LogP contribution in [0.4, 0.5) is 0 Å². The maximum absolute atomic E-state index is 12.3. The predicted molar refractivity (Wildman–Crippen MR) is 101 cm³/mol. The summed E-state index contributed by atoms with van der Waals surface area (Å²) in [5, 5.41) is 18.6. The molecule has 0 aliphatic carbocycles. The molecule has 2 aliphatic rings. The topological polar surface area (TPSA) is 99.7 Å². The Morgan fingerprint density at radius 3 is 3.00 bits per heavy atom. The maximum atomic E-state index is 12.3. The van der Waals surface area contributed by atoms with Crippen molar-refractivity contribution in [3.8, 4) is 0 Å². The Morgan fingerprint density at radius 1 is 1.24 bits per heavy atom. The van der Waals surface area contributed by atoms with Gasteiger partial charge in [-0.05, 0) is 25.8 Å². The van der Waals surface area contributed by atoms with Gasteiger partial charge in [-0.25, -0.2) is 0 Å². The number of carbonyl (C=O) groups is 2. The van der Waals surface area contributed by atoms with Gasteiger partial charge in [-0.15, -0.1) is 0 Å². The number of β-amino-alcohol motifs (C(OH)–C–C–N with tert-alkyl or cyclic N) is 1. The highest BCUT2D eigenvalue weighted by atomic mass is 33.1. The van der Waals surface area contributed by atoms with E-state index in [1.165, 1.54) is 0 Å². The van der Waals surface area contributed by atoms with E-state index in [1.54, 1.807) is 21.6 Å². The second-order valence-electron chi connectivity index (χ2n) is 6.01. The molecule has 0 saturated carbocycles. The van der Waals surface area contributed by atoms with Crippen molar-refractivity contribution in [1.82, 2.24) is 16.0 Å². The maximum Gasteiger partial charge on any atom is 0.243 e. The van der Waals surface area contributed by atoms with Crippen LogP contribution in [-0.4, -0.2) is 72.9 Å². The largest absolute Gasteiger partial charge is 0.391 e. The first-order valence-electron chi connectivity index (χ1n) is 8.63. The van der Waals surface area contributed by atoms with Crippen LogP contribution >= 0.6 is 21.6 Å². The van der Waals surface area contributed by atoms with E-state index in [0.29, 0.717) is 25.3 Å². The van der Waals surface area contributed by atoms with E-state index in [0.717, 1.165) is 18.6 Å². The molecule has 2 rings (SSSR count). The number of aliphatic hydroxyl groups excluding tert-OH is 1. The number of allylic oxidation sites excluding steroid dienone is 1. The van der Waals surface area contributed by atoms with Crippen LogP contribution in [0, 0.1) is 0 Å². The zero-order valence-electron chi connectivity index (χ0n) is 14.2. The molecule has 4 N–H and O–H groups in total. The Hall–Kier alpha value is -0.740. The molecule has 7 nitrogen and oxygen atoms in total. The first kappa shape index (κ1) is 20.6. The third kappa shape index (κ3) is 8.46. The summed E-state index contributed by atoms with van der Waals surface area (Å²) in [6, 6.07) is -0.603. The lowest BCUT2D eigenvalue weighted by atomic mass is 10.2. The predicted octanol–water partition coefficient (Wildman–Crippen LogP) is 0.0582. The van der Waals surface area contributed by atoms with Crippen molar-refractivity contribution in [3.05, 3.63) is 12.2 Å². The van der Waals surface area contributed by atoms with Crippen molar-refractivity contribution in [1.29, 1.82) is 0 Å². The fourth-order valence-electron chi connectivity index (χ4n) is 2.45. The highest BCUT2D eigenvalue weighted by molar-refractivity contribution is 8.76. The molecule has 2 amide bonds. The molecule has 0 spiro atoms. The molecular formula is C16H27N3O4S2. The van der Waals surface area contributed by atoms with Crippen molar-refractivity contribution in [2.45, 2.75) is 37.5 Å². The lowest BCUT2D eigenvalue weighted by Crippen LogP contribution is -2.51. The summed E-state index contributed by atoms with van der Waals surface area (Å²) in [4.78, 5) is 24.4. The number of rotatable bonds is 0.